The molecule has 2 aromatic rings. The van der Waals surface area contributed by atoms with Crippen molar-refractivity contribution >= 4 is 5.97 Å². The molecule has 0 aliphatic heterocycles. The van der Waals surface area contributed by atoms with Crippen LogP contribution in [-0.2, 0) is 16.6 Å². The Morgan fingerprint density at radius 1 is 1.09 bits per heavy atom. The number of carbonyl (C=O) groups is 1. The summed E-state index contributed by atoms with van der Waals surface area (Å²) < 4.78 is 18.5. The Labute approximate surface area is 135 Å². The molecule has 122 valence electrons. The van der Waals surface area contributed by atoms with Gasteiger partial charge in [0.2, 0.25) is 0 Å². The minimum atomic E-state index is -1.05. The molecule has 0 spiro atoms. The van der Waals surface area contributed by atoms with Crippen LogP contribution < -0.4 is 4.74 Å². The third-order valence-corrected chi connectivity index (χ3v) is 3.61. The summed E-state index contributed by atoms with van der Waals surface area (Å²) in [7, 11) is 0. The fraction of sp³-hybridized carbons (Fsp3) is 0.316. The predicted octanol–water partition coefficient (Wildman–Crippen LogP) is 4.20. The number of halogens is 1. The fourth-order valence-electron chi connectivity index (χ4n) is 2.21. The molecular formula is C19H21FO3. The standard InChI is InChI=1S/C19H21FO3/c1-19(2,3)14-6-10-16(11-7-14)23-17(18(21)22)12-13-4-8-15(20)9-5-13/h4-11,17H,12H2,1-3H3,(H,21,22)/t17-/m0/s1. The molecule has 0 bridgehead atoms. The first-order valence-corrected chi connectivity index (χ1v) is 7.50. The van der Waals surface area contributed by atoms with Crippen LogP contribution in [0.4, 0.5) is 4.39 Å². The minimum absolute atomic E-state index is 0.0266. The first kappa shape index (κ1) is 17.0. The highest BCUT2D eigenvalue weighted by molar-refractivity contribution is 5.73. The van der Waals surface area contributed by atoms with Gasteiger partial charge in [-0.25, -0.2) is 9.18 Å². The van der Waals surface area contributed by atoms with E-state index >= 15 is 0 Å². The number of hydrogen-bond donors (Lipinski definition) is 1. The summed E-state index contributed by atoms with van der Waals surface area (Å²) in [4.78, 5) is 11.4. The van der Waals surface area contributed by atoms with Crippen molar-refractivity contribution in [3.05, 3.63) is 65.5 Å². The van der Waals surface area contributed by atoms with Crippen molar-refractivity contribution in [1.82, 2.24) is 0 Å². The Morgan fingerprint density at radius 2 is 1.65 bits per heavy atom. The van der Waals surface area contributed by atoms with E-state index in [0.29, 0.717) is 11.3 Å². The van der Waals surface area contributed by atoms with Gasteiger partial charge in [0, 0.05) is 6.42 Å². The van der Waals surface area contributed by atoms with Crippen molar-refractivity contribution in [2.45, 2.75) is 38.7 Å². The van der Waals surface area contributed by atoms with Crippen LogP contribution >= 0.6 is 0 Å². The van der Waals surface area contributed by atoms with Gasteiger partial charge >= 0.3 is 5.97 Å². The average molecular weight is 316 g/mol. The van der Waals surface area contributed by atoms with Gasteiger partial charge in [-0.1, -0.05) is 45.0 Å². The Morgan fingerprint density at radius 3 is 2.13 bits per heavy atom. The van der Waals surface area contributed by atoms with Crippen LogP contribution in [0.3, 0.4) is 0 Å². The van der Waals surface area contributed by atoms with Crippen molar-refractivity contribution in [3.8, 4) is 5.75 Å². The van der Waals surface area contributed by atoms with E-state index in [2.05, 4.69) is 20.8 Å². The summed E-state index contributed by atoms with van der Waals surface area (Å²) in [6.45, 7) is 6.33. The van der Waals surface area contributed by atoms with Crippen LogP contribution in [0.1, 0.15) is 31.9 Å². The molecule has 0 amide bonds. The lowest BCUT2D eigenvalue weighted by Gasteiger charge is -2.20. The van der Waals surface area contributed by atoms with E-state index in [1.54, 1.807) is 24.3 Å². The van der Waals surface area contributed by atoms with Gasteiger partial charge < -0.3 is 9.84 Å². The number of benzene rings is 2. The molecule has 0 aromatic heterocycles. The van der Waals surface area contributed by atoms with Crippen molar-refractivity contribution in [3.63, 3.8) is 0 Å². The Balaban J connectivity index is 2.10. The second-order valence-electron chi connectivity index (χ2n) is 6.55. The van der Waals surface area contributed by atoms with Crippen LogP contribution in [-0.4, -0.2) is 17.2 Å². The molecule has 3 nitrogen and oxygen atoms in total. The lowest BCUT2D eigenvalue weighted by Crippen LogP contribution is -2.29. The van der Waals surface area contributed by atoms with Gasteiger partial charge in [-0.2, -0.15) is 0 Å². The molecule has 0 saturated heterocycles. The SMILES string of the molecule is CC(C)(C)c1ccc(O[C@@H](Cc2ccc(F)cc2)C(=O)O)cc1. The number of carboxylic acid groups (broad SMARTS) is 1. The first-order valence-electron chi connectivity index (χ1n) is 7.50. The van der Waals surface area contributed by atoms with E-state index in [4.69, 9.17) is 4.74 Å². The van der Waals surface area contributed by atoms with Crippen LogP contribution in [0.15, 0.2) is 48.5 Å². The highest BCUT2D eigenvalue weighted by Crippen LogP contribution is 2.25. The molecule has 1 atom stereocenters. The number of hydrogen-bond acceptors (Lipinski definition) is 2. The van der Waals surface area contributed by atoms with Crippen molar-refractivity contribution in [2.24, 2.45) is 0 Å². The molecule has 0 unspecified atom stereocenters. The van der Waals surface area contributed by atoms with Gasteiger partial charge in [-0.3, -0.25) is 0 Å². The second kappa shape index (κ2) is 6.82. The van der Waals surface area contributed by atoms with Gasteiger partial charge in [-0.05, 0) is 40.8 Å². The fourth-order valence-corrected chi connectivity index (χ4v) is 2.21. The number of aliphatic carboxylic acids is 1. The van der Waals surface area contributed by atoms with Crippen molar-refractivity contribution < 1.29 is 19.0 Å². The first-order chi connectivity index (χ1) is 10.8. The molecule has 23 heavy (non-hydrogen) atoms. The van der Waals surface area contributed by atoms with E-state index in [0.717, 1.165) is 5.56 Å². The quantitative estimate of drug-likeness (QED) is 0.899. The van der Waals surface area contributed by atoms with Gasteiger partial charge in [0.1, 0.15) is 11.6 Å². The third kappa shape index (κ3) is 4.81. The molecular weight excluding hydrogens is 295 g/mol. The van der Waals surface area contributed by atoms with Crippen LogP contribution in [0.2, 0.25) is 0 Å². The van der Waals surface area contributed by atoms with E-state index in [1.165, 1.54) is 12.1 Å². The van der Waals surface area contributed by atoms with Crippen molar-refractivity contribution in [2.75, 3.05) is 0 Å². The molecule has 2 rings (SSSR count). The molecule has 1 N–H and O–H groups in total. The normalized spacial score (nSPS) is 12.7. The topological polar surface area (TPSA) is 46.5 Å². The summed E-state index contributed by atoms with van der Waals surface area (Å²) >= 11 is 0. The molecule has 0 aliphatic carbocycles. The van der Waals surface area contributed by atoms with E-state index < -0.39 is 12.1 Å². The lowest BCUT2D eigenvalue weighted by molar-refractivity contribution is -0.145. The van der Waals surface area contributed by atoms with Crippen LogP contribution in [0, 0.1) is 5.82 Å². The highest BCUT2D eigenvalue weighted by atomic mass is 19.1. The number of ether oxygens (including phenoxy) is 1. The third-order valence-electron chi connectivity index (χ3n) is 3.61. The largest absolute Gasteiger partial charge is 0.478 e. The maximum atomic E-state index is 12.9. The highest BCUT2D eigenvalue weighted by Gasteiger charge is 2.21. The molecule has 0 radical (unpaired) electrons. The summed E-state index contributed by atoms with van der Waals surface area (Å²) in [6, 6.07) is 13.2. The summed E-state index contributed by atoms with van der Waals surface area (Å²) in [5, 5.41) is 9.34. The number of rotatable bonds is 5. The van der Waals surface area contributed by atoms with Gasteiger partial charge in [0.15, 0.2) is 6.10 Å². The Kier molecular flexibility index (Phi) is 5.04. The molecule has 0 fully saturated rings. The van der Waals surface area contributed by atoms with Crippen LogP contribution in [0.25, 0.3) is 0 Å². The summed E-state index contributed by atoms with van der Waals surface area (Å²) in [5.41, 5.74) is 1.89. The Bertz CT molecular complexity index is 655. The molecule has 0 heterocycles. The zero-order valence-corrected chi connectivity index (χ0v) is 13.5. The lowest BCUT2D eigenvalue weighted by atomic mass is 9.87. The van der Waals surface area contributed by atoms with E-state index in [9.17, 15) is 14.3 Å². The maximum absolute atomic E-state index is 12.9. The zero-order valence-electron chi connectivity index (χ0n) is 13.5. The maximum Gasteiger partial charge on any atom is 0.345 e. The Hall–Kier alpha value is -2.36. The predicted molar refractivity (Wildman–Crippen MR) is 87.3 cm³/mol. The number of carboxylic acids is 1. The second-order valence-corrected chi connectivity index (χ2v) is 6.55. The van der Waals surface area contributed by atoms with Crippen molar-refractivity contribution in [1.29, 1.82) is 0 Å². The zero-order chi connectivity index (χ0) is 17.0. The van der Waals surface area contributed by atoms with Gasteiger partial charge in [0.25, 0.3) is 0 Å². The smallest absolute Gasteiger partial charge is 0.345 e. The van der Waals surface area contributed by atoms with E-state index in [1.807, 2.05) is 12.1 Å². The van der Waals surface area contributed by atoms with Gasteiger partial charge in [0.05, 0.1) is 0 Å². The minimum Gasteiger partial charge on any atom is -0.478 e. The van der Waals surface area contributed by atoms with Crippen LogP contribution in [0.5, 0.6) is 5.75 Å². The summed E-state index contributed by atoms with van der Waals surface area (Å²) in [6.07, 6.45) is -0.836. The molecule has 0 aliphatic rings. The van der Waals surface area contributed by atoms with Gasteiger partial charge in [-0.15, -0.1) is 0 Å². The monoisotopic (exact) mass is 316 g/mol. The molecule has 4 heteroatoms. The summed E-state index contributed by atoms with van der Waals surface area (Å²) in [5.74, 6) is -0.888. The molecule has 0 saturated carbocycles. The average Bonchev–Trinajstić information content (AvgIpc) is 2.48. The molecule has 2 aromatic carbocycles. The van der Waals surface area contributed by atoms with E-state index in [-0.39, 0.29) is 17.7 Å².